The van der Waals surface area contributed by atoms with Gasteiger partial charge >= 0.3 is 6.18 Å². The summed E-state index contributed by atoms with van der Waals surface area (Å²) in [7, 11) is 0. The van der Waals surface area contributed by atoms with E-state index in [0.29, 0.717) is 0 Å². The van der Waals surface area contributed by atoms with Crippen LogP contribution in [-0.2, 0) is 6.18 Å². The normalized spacial score (nSPS) is 21.2. The highest BCUT2D eigenvalue weighted by Gasteiger charge is 2.34. The SMILES string of the molecule is FC(F)(F)c1ccccc1OC1[CH]CCCN1. The van der Waals surface area contributed by atoms with Crippen LogP contribution in [0.15, 0.2) is 24.3 Å². The van der Waals surface area contributed by atoms with Crippen LogP contribution in [0.3, 0.4) is 0 Å². The maximum absolute atomic E-state index is 12.7. The fourth-order valence-corrected chi connectivity index (χ4v) is 1.73. The van der Waals surface area contributed by atoms with Crippen LogP contribution >= 0.6 is 0 Å². The summed E-state index contributed by atoms with van der Waals surface area (Å²) in [6.45, 7) is 0.759. The molecule has 17 heavy (non-hydrogen) atoms. The third-order valence-electron chi connectivity index (χ3n) is 2.55. The summed E-state index contributed by atoms with van der Waals surface area (Å²) in [6.07, 6.45) is -1.14. The molecule has 0 saturated carbocycles. The van der Waals surface area contributed by atoms with Gasteiger partial charge in [0.25, 0.3) is 0 Å². The molecule has 2 nitrogen and oxygen atoms in total. The molecule has 0 spiro atoms. The molecule has 1 atom stereocenters. The fourth-order valence-electron chi connectivity index (χ4n) is 1.73. The van der Waals surface area contributed by atoms with Crippen molar-refractivity contribution in [2.45, 2.75) is 25.2 Å². The monoisotopic (exact) mass is 244 g/mol. The molecule has 1 unspecified atom stereocenters. The first-order valence-corrected chi connectivity index (χ1v) is 5.47. The molecule has 1 radical (unpaired) electrons. The Morgan fingerprint density at radius 3 is 2.65 bits per heavy atom. The molecule has 5 heteroatoms. The van der Waals surface area contributed by atoms with Gasteiger partial charge in [0.1, 0.15) is 5.75 Å². The Labute approximate surface area is 97.8 Å². The number of halogens is 3. The van der Waals surface area contributed by atoms with Gasteiger partial charge in [-0.3, -0.25) is 5.32 Å². The summed E-state index contributed by atoms with van der Waals surface area (Å²) in [5.41, 5.74) is -0.735. The summed E-state index contributed by atoms with van der Waals surface area (Å²) < 4.78 is 43.4. The maximum Gasteiger partial charge on any atom is 0.419 e. The summed E-state index contributed by atoms with van der Waals surface area (Å²) >= 11 is 0. The number of hydrogen-bond acceptors (Lipinski definition) is 2. The van der Waals surface area contributed by atoms with Crippen molar-refractivity contribution in [2.24, 2.45) is 0 Å². The highest BCUT2D eigenvalue weighted by molar-refractivity contribution is 5.35. The van der Waals surface area contributed by atoms with Gasteiger partial charge in [0.05, 0.1) is 5.56 Å². The van der Waals surface area contributed by atoms with Crippen molar-refractivity contribution in [1.82, 2.24) is 5.32 Å². The van der Waals surface area contributed by atoms with E-state index < -0.39 is 18.0 Å². The molecule has 1 aliphatic heterocycles. The van der Waals surface area contributed by atoms with Crippen molar-refractivity contribution >= 4 is 0 Å². The van der Waals surface area contributed by atoms with Gasteiger partial charge in [-0.1, -0.05) is 12.1 Å². The van der Waals surface area contributed by atoms with Gasteiger partial charge in [0.2, 0.25) is 0 Å². The molecule has 1 aromatic rings. The Balaban J connectivity index is 2.14. The molecule has 0 aromatic heterocycles. The lowest BCUT2D eigenvalue weighted by Gasteiger charge is -2.25. The zero-order valence-corrected chi connectivity index (χ0v) is 9.13. The van der Waals surface area contributed by atoms with Crippen LogP contribution in [0.5, 0.6) is 5.75 Å². The molecule has 1 aliphatic rings. The van der Waals surface area contributed by atoms with Crippen LogP contribution in [0.2, 0.25) is 0 Å². The second-order valence-corrected chi connectivity index (χ2v) is 3.86. The van der Waals surface area contributed by atoms with E-state index in [9.17, 15) is 13.2 Å². The molecule has 1 aromatic carbocycles. The van der Waals surface area contributed by atoms with E-state index in [-0.39, 0.29) is 5.75 Å². The molecule has 2 rings (SSSR count). The van der Waals surface area contributed by atoms with Crippen LogP contribution < -0.4 is 10.1 Å². The smallest absolute Gasteiger partial charge is 0.419 e. The number of nitrogens with one attached hydrogen (secondary N) is 1. The third-order valence-corrected chi connectivity index (χ3v) is 2.55. The molecule has 1 saturated heterocycles. The largest absolute Gasteiger partial charge is 0.474 e. The van der Waals surface area contributed by atoms with Crippen LogP contribution in [-0.4, -0.2) is 12.8 Å². The van der Waals surface area contributed by atoms with Crippen LogP contribution in [0.25, 0.3) is 0 Å². The molecule has 0 aliphatic carbocycles. The molecular formula is C12H13F3NO. The number of benzene rings is 1. The average molecular weight is 244 g/mol. The van der Waals surface area contributed by atoms with Gasteiger partial charge in [0, 0.05) is 6.42 Å². The van der Waals surface area contributed by atoms with E-state index in [2.05, 4.69) is 5.32 Å². The standard InChI is InChI=1S/C12H13F3NO/c13-12(14,15)9-5-1-2-6-10(9)17-11-7-3-4-8-16-11/h1-2,5-7,11,16H,3-4,8H2. The number of alkyl halides is 3. The lowest BCUT2D eigenvalue weighted by molar-refractivity contribution is -0.139. The minimum atomic E-state index is -4.38. The number of piperidine rings is 1. The highest BCUT2D eigenvalue weighted by atomic mass is 19.4. The zero-order valence-electron chi connectivity index (χ0n) is 9.13. The van der Waals surface area contributed by atoms with Crippen LogP contribution in [0.4, 0.5) is 13.2 Å². The van der Waals surface area contributed by atoms with Crippen molar-refractivity contribution < 1.29 is 17.9 Å². The van der Waals surface area contributed by atoms with Crippen molar-refractivity contribution in [3.05, 3.63) is 36.2 Å². The van der Waals surface area contributed by atoms with Gasteiger partial charge in [-0.2, -0.15) is 13.2 Å². The zero-order chi connectivity index (χ0) is 12.3. The predicted molar refractivity (Wildman–Crippen MR) is 57.4 cm³/mol. The Morgan fingerprint density at radius 1 is 1.24 bits per heavy atom. The van der Waals surface area contributed by atoms with Crippen LogP contribution in [0.1, 0.15) is 18.4 Å². The first-order valence-electron chi connectivity index (χ1n) is 5.47. The minimum absolute atomic E-state index is 0.129. The van der Waals surface area contributed by atoms with E-state index in [0.717, 1.165) is 25.5 Å². The third kappa shape index (κ3) is 3.12. The maximum atomic E-state index is 12.7. The first kappa shape index (κ1) is 12.2. The fraction of sp³-hybridized carbons (Fsp3) is 0.417. The molecule has 1 heterocycles. The number of ether oxygens (including phenoxy) is 1. The van der Waals surface area contributed by atoms with E-state index >= 15 is 0 Å². The van der Waals surface area contributed by atoms with E-state index in [1.165, 1.54) is 18.2 Å². The van der Waals surface area contributed by atoms with E-state index in [1.54, 1.807) is 0 Å². The average Bonchev–Trinajstić information content (AvgIpc) is 2.30. The molecular weight excluding hydrogens is 231 g/mol. The Hall–Kier alpha value is -1.23. The molecule has 0 bridgehead atoms. The topological polar surface area (TPSA) is 21.3 Å². The Bertz CT molecular complexity index is 372. The van der Waals surface area contributed by atoms with Crippen molar-refractivity contribution in [2.75, 3.05) is 6.54 Å². The Kier molecular flexibility index (Phi) is 3.57. The lowest BCUT2D eigenvalue weighted by atomic mass is 10.1. The molecule has 1 N–H and O–H groups in total. The summed E-state index contributed by atoms with van der Waals surface area (Å²) in [4.78, 5) is 0. The van der Waals surface area contributed by atoms with Gasteiger partial charge in [-0.25, -0.2) is 0 Å². The van der Waals surface area contributed by atoms with Crippen molar-refractivity contribution in [3.8, 4) is 5.75 Å². The second kappa shape index (κ2) is 4.96. The highest BCUT2D eigenvalue weighted by Crippen LogP contribution is 2.36. The summed E-state index contributed by atoms with van der Waals surface area (Å²) in [6, 6.07) is 5.26. The second-order valence-electron chi connectivity index (χ2n) is 3.86. The predicted octanol–water partition coefficient (Wildman–Crippen LogP) is 3.00. The molecule has 0 amide bonds. The molecule has 93 valence electrons. The summed E-state index contributed by atoms with van der Waals surface area (Å²) in [5.74, 6) is -0.129. The van der Waals surface area contributed by atoms with Crippen LogP contribution in [0, 0.1) is 6.42 Å². The van der Waals surface area contributed by atoms with Crippen molar-refractivity contribution in [3.63, 3.8) is 0 Å². The first-order chi connectivity index (χ1) is 8.07. The van der Waals surface area contributed by atoms with Crippen molar-refractivity contribution in [1.29, 1.82) is 0 Å². The van der Waals surface area contributed by atoms with E-state index in [4.69, 9.17) is 4.74 Å². The lowest BCUT2D eigenvalue weighted by Crippen LogP contribution is -2.39. The Morgan fingerprint density at radius 2 is 2.00 bits per heavy atom. The quantitative estimate of drug-likeness (QED) is 0.863. The van der Waals surface area contributed by atoms with Gasteiger partial charge in [0.15, 0.2) is 6.23 Å². The summed E-state index contributed by atoms with van der Waals surface area (Å²) in [5, 5.41) is 3.00. The number of rotatable bonds is 2. The number of para-hydroxylation sites is 1. The molecule has 1 fully saturated rings. The van der Waals surface area contributed by atoms with Gasteiger partial charge in [-0.15, -0.1) is 0 Å². The number of hydrogen-bond donors (Lipinski definition) is 1. The van der Waals surface area contributed by atoms with E-state index in [1.807, 2.05) is 6.42 Å². The van der Waals surface area contributed by atoms with Gasteiger partial charge < -0.3 is 4.74 Å². The minimum Gasteiger partial charge on any atom is -0.474 e. The van der Waals surface area contributed by atoms with Gasteiger partial charge in [-0.05, 0) is 31.5 Å².